The quantitative estimate of drug-likeness (QED) is 0.860. The molecular formula is C17H28N2O2. The molecule has 4 heteroatoms. The van der Waals surface area contributed by atoms with Gasteiger partial charge in [0.15, 0.2) is 0 Å². The van der Waals surface area contributed by atoms with E-state index in [1.165, 1.54) is 11.1 Å². The zero-order valence-electron chi connectivity index (χ0n) is 13.4. The molecular weight excluding hydrogens is 264 g/mol. The lowest BCUT2D eigenvalue weighted by molar-refractivity contribution is 0.0526. The Morgan fingerprint density at radius 3 is 2.05 bits per heavy atom. The zero-order valence-corrected chi connectivity index (χ0v) is 13.4. The Morgan fingerprint density at radius 2 is 1.52 bits per heavy atom. The Bertz CT molecular complexity index is 454. The second kappa shape index (κ2) is 7.36. The summed E-state index contributed by atoms with van der Waals surface area (Å²) in [7, 11) is 0. The normalized spacial score (nSPS) is 20.4. The van der Waals surface area contributed by atoms with Crippen molar-refractivity contribution in [2.45, 2.75) is 33.0 Å². The Kier molecular flexibility index (Phi) is 5.76. The number of nitrogens with zero attached hydrogens (tertiary/aromatic N) is 2. The molecule has 2 rings (SSSR count). The van der Waals surface area contributed by atoms with Gasteiger partial charge in [0.25, 0.3) is 0 Å². The van der Waals surface area contributed by atoms with Gasteiger partial charge in [-0.25, -0.2) is 0 Å². The first kappa shape index (κ1) is 16.4. The molecule has 0 aliphatic carbocycles. The molecule has 0 amide bonds. The monoisotopic (exact) mass is 292 g/mol. The van der Waals surface area contributed by atoms with Gasteiger partial charge in [0.2, 0.25) is 0 Å². The number of hydrogen-bond acceptors (Lipinski definition) is 4. The molecule has 2 atom stereocenters. The highest BCUT2D eigenvalue weighted by molar-refractivity contribution is 5.31. The molecule has 2 unspecified atom stereocenters. The summed E-state index contributed by atoms with van der Waals surface area (Å²) in [6.45, 7) is 11.3. The van der Waals surface area contributed by atoms with Crippen LogP contribution in [0.1, 0.15) is 29.7 Å². The number of rotatable bonds is 5. The maximum Gasteiger partial charge on any atom is 0.0917 e. The van der Waals surface area contributed by atoms with Gasteiger partial charge in [0.05, 0.1) is 12.2 Å². The van der Waals surface area contributed by atoms with Gasteiger partial charge in [-0.15, -0.1) is 0 Å². The summed E-state index contributed by atoms with van der Waals surface area (Å²) < 4.78 is 0. The fourth-order valence-electron chi connectivity index (χ4n) is 2.85. The third-order valence-electron chi connectivity index (χ3n) is 4.33. The second-order valence-corrected chi connectivity index (χ2v) is 6.31. The van der Waals surface area contributed by atoms with Crippen LogP contribution in [0.5, 0.6) is 0 Å². The molecule has 2 N–H and O–H groups in total. The average molecular weight is 292 g/mol. The van der Waals surface area contributed by atoms with E-state index in [1.54, 1.807) is 0 Å². The first-order chi connectivity index (χ1) is 9.95. The summed E-state index contributed by atoms with van der Waals surface area (Å²) in [6, 6.07) is 6.19. The number of aliphatic hydroxyl groups excluding tert-OH is 2. The van der Waals surface area contributed by atoms with E-state index in [1.807, 2.05) is 13.0 Å². The molecule has 1 aromatic carbocycles. The Balaban J connectivity index is 1.84. The highest BCUT2D eigenvalue weighted by Gasteiger charge is 2.20. The van der Waals surface area contributed by atoms with E-state index in [9.17, 15) is 10.2 Å². The molecule has 4 nitrogen and oxygen atoms in total. The van der Waals surface area contributed by atoms with Crippen LogP contribution in [-0.2, 0) is 0 Å². The molecule has 21 heavy (non-hydrogen) atoms. The molecule has 0 aromatic heterocycles. The maximum atomic E-state index is 10.4. The van der Waals surface area contributed by atoms with Crippen LogP contribution < -0.4 is 0 Å². The molecule has 118 valence electrons. The van der Waals surface area contributed by atoms with Crippen molar-refractivity contribution >= 4 is 0 Å². The smallest absolute Gasteiger partial charge is 0.0917 e. The van der Waals surface area contributed by atoms with Crippen molar-refractivity contribution in [1.82, 2.24) is 9.80 Å². The van der Waals surface area contributed by atoms with Crippen LogP contribution in [0.4, 0.5) is 0 Å². The molecule has 0 radical (unpaired) electrons. The molecule has 1 aromatic rings. The zero-order chi connectivity index (χ0) is 15.4. The van der Waals surface area contributed by atoms with Crippen molar-refractivity contribution in [2.24, 2.45) is 0 Å². The van der Waals surface area contributed by atoms with E-state index in [-0.39, 0.29) is 6.10 Å². The van der Waals surface area contributed by atoms with Crippen molar-refractivity contribution in [3.63, 3.8) is 0 Å². The standard InChI is InChI=1S/C17H28N2O2/c1-13-4-5-16(10-14(13)2)17(21)12-19-8-6-18(7-9-19)11-15(3)20/h4-5,10,15,17,20-21H,6-9,11-12H2,1-3H3. The van der Waals surface area contributed by atoms with Gasteiger partial charge in [-0.1, -0.05) is 18.2 Å². The Morgan fingerprint density at radius 1 is 0.952 bits per heavy atom. The lowest BCUT2D eigenvalue weighted by atomic mass is 10.0. The fourth-order valence-corrected chi connectivity index (χ4v) is 2.85. The van der Waals surface area contributed by atoms with Gasteiger partial charge in [-0.2, -0.15) is 0 Å². The predicted octanol–water partition coefficient (Wildman–Crippen LogP) is 1.34. The van der Waals surface area contributed by atoms with Crippen molar-refractivity contribution < 1.29 is 10.2 Å². The van der Waals surface area contributed by atoms with Crippen LogP contribution in [0.2, 0.25) is 0 Å². The number of benzene rings is 1. The van der Waals surface area contributed by atoms with Gasteiger partial charge < -0.3 is 10.2 Å². The van der Waals surface area contributed by atoms with Gasteiger partial charge in [-0.3, -0.25) is 9.80 Å². The minimum atomic E-state index is -0.424. The van der Waals surface area contributed by atoms with Crippen molar-refractivity contribution in [1.29, 1.82) is 0 Å². The second-order valence-electron chi connectivity index (χ2n) is 6.31. The molecule has 0 spiro atoms. The molecule has 1 fully saturated rings. The van der Waals surface area contributed by atoms with Crippen molar-refractivity contribution in [3.05, 3.63) is 34.9 Å². The minimum Gasteiger partial charge on any atom is -0.392 e. The van der Waals surface area contributed by atoms with Crippen molar-refractivity contribution in [3.8, 4) is 0 Å². The first-order valence-electron chi connectivity index (χ1n) is 7.83. The molecule has 1 heterocycles. The van der Waals surface area contributed by atoms with E-state index in [0.29, 0.717) is 6.54 Å². The van der Waals surface area contributed by atoms with Crippen LogP contribution in [0, 0.1) is 13.8 Å². The summed E-state index contributed by atoms with van der Waals surface area (Å²) in [5.41, 5.74) is 3.50. The molecule has 0 bridgehead atoms. The largest absolute Gasteiger partial charge is 0.392 e. The average Bonchev–Trinajstić information content (AvgIpc) is 2.43. The number of hydrogen-bond donors (Lipinski definition) is 2. The van der Waals surface area contributed by atoms with Gasteiger partial charge in [-0.05, 0) is 37.5 Å². The molecule has 1 aliphatic heterocycles. The third kappa shape index (κ3) is 4.78. The number of β-amino-alcohol motifs (C(OH)–C–C–N with tert-alkyl or cyclic N) is 2. The molecule has 1 saturated heterocycles. The maximum absolute atomic E-state index is 10.4. The summed E-state index contributed by atoms with van der Waals surface area (Å²) in [4.78, 5) is 4.59. The Hall–Kier alpha value is -0.940. The van der Waals surface area contributed by atoms with E-state index in [0.717, 1.165) is 38.3 Å². The molecule has 0 saturated carbocycles. The summed E-state index contributed by atoms with van der Waals surface area (Å²) >= 11 is 0. The van der Waals surface area contributed by atoms with E-state index < -0.39 is 6.10 Å². The summed E-state index contributed by atoms with van der Waals surface area (Å²) in [5.74, 6) is 0. The topological polar surface area (TPSA) is 46.9 Å². The minimum absolute atomic E-state index is 0.266. The summed E-state index contributed by atoms with van der Waals surface area (Å²) in [6.07, 6.45) is -0.690. The van der Waals surface area contributed by atoms with E-state index in [4.69, 9.17) is 0 Å². The van der Waals surface area contributed by atoms with E-state index >= 15 is 0 Å². The highest BCUT2D eigenvalue weighted by Crippen LogP contribution is 2.18. The van der Waals surface area contributed by atoms with Crippen LogP contribution in [0.25, 0.3) is 0 Å². The predicted molar refractivity (Wildman–Crippen MR) is 85.4 cm³/mol. The number of aryl methyl sites for hydroxylation is 2. The molecule has 1 aliphatic rings. The lowest BCUT2D eigenvalue weighted by Gasteiger charge is -2.36. The summed E-state index contributed by atoms with van der Waals surface area (Å²) in [5, 5.41) is 19.8. The lowest BCUT2D eigenvalue weighted by Crippen LogP contribution is -2.49. The van der Waals surface area contributed by atoms with Crippen LogP contribution in [0.3, 0.4) is 0 Å². The number of aliphatic hydroxyl groups is 2. The number of piperazine rings is 1. The third-order valence-corrected chi connectivity index (χ3v) is 4.33. The fraction of sp³-hybridized carbons (Fsp3) is 0.647. The first-order valence-corrected chi connectivity index (χ1v) is 7.83. The SMILES string of the molecule is Cc1ccc(C(O)CN2CCN(CC(C)O)CC2)cc1C. The van der Waals surface area contributed by atoms with Crippen molar-refractivity contribution in [2.75, 3.05) is 39.3 Å². The Labute approximate surface area is 128 Å². The van der Waals surface area contributed by atoms with Crippen LogP contribution >= 0.6 is 0 Å². The van der Waals surface area contributed by atoms with Crippen LogP contribution in [-0.4, -0.2) is 65.4 Å². The van der Waals surface area contributed by atoms with Gasteiger partial charge in [0, 0.05) is 39.3 Å². The van der Waals surface area contributed by atoms with Gasteiger partial charge in [0.1, 0.15) is 0 Å². The van der Waals surface area contributed by atoms with Crippen LogP contribution in [0.15, 0.2) is 18.2 Å². The van der Waals surface area contributed by atoms with Gasteiger partial charge >= 0.3 is 0 Å². The van der Waals surface area contributed by atoms with E-state index in [2.05, 4.69) is 35.8 Å². The highest BCUT2D eigenvalue weighted by atomic mass is 16.3.